The van der Waals surface area contributed by atoms with Crippen LogP contribution in [0.3, 0.4) is 0 Å². The number of fused-ring (bicyclic) bond motifs is 12. The summed E-state index contributed by atoms with van der Waals surface area (Å²) in [6.45, 7) is 0. The lowest BCUT2D eigenvalue weighted by Gasteiger charge is -2.07. The van der Waals surface area contributed by atoms with Crippen molar-refractivity contribution < 1.29 is 0 Å². The van der Waals surface area contributed by atoms with Gasteiger partial charge in [0.1, 0.15) is 5.82 Å². The summed E-state index contributed by atoms with van der Waals surface area (Å²) in [6, 6.07) is 37.1. The highest BCUT2D eigenvalue weighted by molar-refractivity contribution is 7.27. The number of hydrogen-bond donors (Lipinski definition) is 0. The first kappa shape index (κ1) is 18.2. The lowest BCUT2D eigenvalue weighted by Crippen LogP contribution is -1.96. The number of benzene rings is 5. The van der Waals surface area contributed by atoms with Gasteiger partial charge in [0.2, 0.25) is 0 Å². The molecule has 0 aliphatic rings. The molecular weight excluding hydrogens is 432 g/mol. The first-order valence-electron chi connectivity index (χ1n) is 11.5. The maximum absolute atomic E-state index is 4.75. The van der Waals surface area contributed by atoms with E-state index in [-0.39, 0.29) is 0 Å². The van der Waals surface area contributed by atoms with Crippen LogP contribution in [0.2, 0.25) is 0 Å². The Bertz CT molecular complexity index is 2060. The lowest BCUT2D eigenvalue weighted by atomic mass is 9.97. The van der Waals surface area contributed by atoms with Crippen molar-refractivity contribution in [3.8, 4) is 5.82 Å². The minimum atomic E-state index is 0.952. The summed E-state index contributed by atoms with van der Waals surface area (Å²) in [5.74, 6) is 0.952. The van der Waals surface area contributed by atoms with Gasteiger partial charge in [0.15, 0.2) is 0 Å². The molecule has 2 nitrogen and oxygen atoms in total. The van der Waals surface area contributed by atoms with Crippen LogP contribution in [0.4, 0.5) is 0 Å². The molecule has 0 unspecified atom stereocenters. The molecule has 0 bridgehead atoms. The minimum Gasteiger partial charge on any atom is -0.292 e. The predicted molar refractivity (Wildman–Crippen MR) is 146 cm³/mol. The zero-order chi connectivity index (χ0) is 22.2. The summed E-state index contributed by atoms with van der Waals surface area (Å²) in [5, 5.41) is 10.5. The SMILES string of the molecule is c1ccc(-n2c3ccccc3c3ccc4c(sc5c6ccccc6c6ccccc6c45)c32)nc1. The average Bonchev–Trinajstić information content (AvgIpc) is 3.46. The van der Waals surface area contributed by atoms with E-state index in [4.69, 9.17) is 4.98 Å². The van der Waals surface area contributed by atoms with Crippen molar-refractivity contribution in [1.29, 1.82) is 0 Å². The van der Waals surface area contributed by atoms with Gasteiger partial charge in [-0.2, -0.15) is 0 Å². The number of rotatable bonds is 1. The van der Waals surface area contributed by atoms with Crippen molar-refractivity contribution in [2.45, 2.75) is 0 Å². The Morgan fingerprint density at radius 1 is 0.500 bits per heavy atom. The van der Waals surface area contributed by atoms with Gasteiger partial charge < -0.3 is 0 Å². The van der Waals surface area contributed by atoms with Crippen molar-refractivity contribution in [1.82, 2.24) is 9.55 Å². The smallest absolute Gasteiger partial charge is 0.137 e. The molecule has 0 amide bonds. The van der Waals surface area contributed by atoms with Gasteiger partial charge in [0.25, 0.3) is 0 Å². The highest BCUT2D eigenvalue weighted by Crippen LogP contribution is 2.47. The van der Waals surface area contributed by atoms with Crippen molar-refractivity contribution in [2.75, 3.05) is 0 Å². The zero-order valence-corrected chi connectivity index (χ0v) is 19.0. The lowest BCUT2D eigenvalue weighted by molar-refractivity contribution is 1.08. The molecule has 0 N–H and O–H groups in total. The largest absolute Gasteiger partial charge is 0.292 e. The van der Waals surface area contributed by atoms with Crippen LogP contribution in [0.15, 0.2) is 109 Å². The van der Waals surface area contributed by atoms with Crippen LogP contribution < -0.4 is 0 Å². The fraction of sp³-hybridized carbons (Fsp3) is 0. The molecule has 158 valence electrons. The van der Waals surface area contributed by atoms with Crippen LogP contribution in [0, 0.1) is 0 Å². The molecule has 0 aliphatic carbocycles. The monoisotopic (exact) mass is 450 g/mol. The van der Waals surface area contributed by atoms with Gasteiger partial charge >= 0.3 is 0 Å². The Labute approximate surface area is 199 Å². The summed E-state index contributed by atoms with van der Waals surface area (Å²) < 4.78 is 5.01. The van der Waals surface area contributed by atoms with Gasteiger partial charge in [-0.15, -0.1) is 11.3 Å². The van der Waals surface area contributed by atoms with E-state index in [2.05, 4.69) is 102 Å². The van der Waals surface area contributed by atoms with E-state index in [9.17, 15) is 0 Å². The topological polar surface area (TPSA) is 17.8 Å². The van der Waals surface area contributed by atoms with Gasteiger partial charge in [0, 0.05) is 37.8 Å². The van der Waals surface area contributed by atoms with E-state index in [1.807, 2.05) is 23.6 Å². The Morgan fingerprint density at radius 2 is 1.15 bits per heavy atom. The number of hydrogen-bond acceptors (Lipinski definition) is 2. The molecule has 5 aromatic carbocycles. The van der Waals surface area contributed by atoms with Gasteiger partial charge in [-0.25, -0.2) is 4.98 Å². The van der Waals surface area contributed by atoms with Crippen molar-refractivity contribution in [3.05, 3.63) is 109 Å². The van der Waals surface area contributed by atoms with Crippen LogP contribution in [0.1, 0.15) is 0 Å². The van der Waals surface area contributed by atoms with Gasteiger partial charge in [-0.3, -0.25) is 4.57 Å². The standard InChI is InChI=1S/C31H18N2S/c1-3-12-22-19(9-1)20-10-2-4-13-24(20)30-28(22)25-17-16-23-21-11-5-6-14-26(21)33(29(23)31(25)34-30)27-15-7-8-18-32-27/h1-18H. The Balaban J connectivity index is 1.69. The molecule has 34 heavy (non-hydrogen) atoms. The third-order valence-electron chi connectivity index (χ3n) is 7.03. The second-order valence-corrected chi connectivity index (χ2v) is 9.80. The van der Waals surface area contributed by atoms with Crippen molar-refractivity contribution in [3.63, 3.8) is 0 Å². The molecule has 0 aliphatic heterocycles. The van der Waals surface area contributed by atoms with Crippen LogP contribution in [-0.2, 0) is 0 Å². The fourth-order valence-corrected chi connectivity index (χ4v) is 7.03. The third-order valence-corrected chi connectivity index (χ3v) is 8.27. The Hall–Kier alpha value is -4.21. The average molecular weight is 451 g/mol. The zero-order valence-electron chi connectivity index (χ0n) is 18.2. The van der Waals surface area contributed by atoms with E-state index >= 15 is 0 Å². The summed E-state index contributed by atoms with van der Waals surface area (Å²) in [5.41, 5.74) is 2.43. The summed E-state index contributed by atoms with van der Waals surface area (Å²) in [6.07, 6.45) is 1.88. The Morgan fingerprint density at radius 3 is 1.94 bits per heavy atom. The maximum atomic E-state index is 4.75. The van der Waals surface area contributed by atoms with E-state index < -0.39 is 0 Å². The van der Waals surface area contributed by atoms with E-state index in [1.165, 1.54) is 63.5 Å². The highest BCUT2D eigenvalue weighted by Gasteiger charge is 2.20. The maximum Gasteiger partial charge on any atom is 0.137 e. The van der Waals surface area contributed by atoms with E-state index in [1.54, 1.807) is 0 Å². The molecule has 0 fully saturated rings. The normalized spacial score (nSPS) is 12.1. The molecule has 0 radical (unpaired) electrons. The fourth-order valence-electron chi connectivity index (χ4n) is 5.64. The predicted octanol–water partition coefficient (Wildman–Crippen LogP) is 8.85. The second kappa shape index (κ2) is 6.66. The summed E-state index contributed by atoms with van der Waals surface area (Å²) in [7, 11) is 0. The van der Waals surface area contributed by atoms with E-state index in [0.717, 1.165) is 5.82 Å². The molecule has 0 saturated carbocycles. The molecule has 3 heterocycles. The van der Waals surface area contributed by atoms with Crippen LogP contribution in [0.25, 0.3) is 69.3 Å². The molecule has 8 rings (SSSR count). The first-order valence-corrected chi connectivity index (χ1v) is 12.3. The number of nitrogens with zero attached hydrogens (tertiary/aromatic N) is 2. The molecule has 0 atom stereocenters. The summed E-state index contributed by atoms with van der Waals surface area (Å²) in [4.78, 5) is 4.75. The quantitative estimate of drug-likeness (QED) is 0.228. The number of para-hydroxylation sites is 1. The Kier molecular flexibility index (Phi) is 3.57. The molecule has 0 spiro atoms. The van der Waals surface area contributed by atoms with Crippen LogP contribution in [0.5, 0.6) is 0 Å². The summed E-state index contributed by atoms with van der Waals surface area (Å²) >= 11 is 1.91. The second-order valence-electron chi connectivity index (χ2n) is 8.78. The number of pyridine rings is 1. The van der Waals surface area contributed by atoms with Gasteiger partial charge in [-0.1, -0.05) is 84.9 Å². The third kappa shape index (κ3) is 2.27. The van der Waals surface area contributed by atoms with E-state index in [0.29, 0.717) is 0 Å². The van der Waals surface area contributed by atoms with Gasteiger partial charge in [-0.05, 0) is 34.4 Å². The first-order chi connectivity index (χ1) is 16.9. The number of aromatic nitrogens is 2. The van der Waals surface area contributed by atoms with Crippen LogP contribution in [-0.4, -0.2) is 9.55 Å². The molecule has 3 heteroatoms. The number of thiophene rings is 1. The highest BCUT2D eigenvalue weighted by atomic mass is 32.1. The van der Waals surface area contributed by atoms with Crippen molar-refractivity contribution in [2.24, 2.45) is 0 Å². The molecular formula is C31H18N2S. The molecule has 0 saturated heterocycles. The van der Waals surface area contributed by atoms with Crippen molar-refractivity contribution >= 4 is 74.9 Å². The molecule has 3 aromatic heterocycles. The van der Waals surface area contributed by atoms with Crippen LogP contribution >= 0.6 is 11.3 Å². The minimum absolute atomic E-state index is 0.952. The van der Waals surface area contributed by atoms with Gasteiger partial charge in [0.05, 0.1) is 15.7 Å². The molecule has 8 aromatic rings.